The maximum atomic E-state index is 3.43. The highest BCUT2D eigenvalue weighted by Gasteiger charge is 2.10. The zero-order valence-corrected chi connectivity index (χ0v) is 12.7. The summed E-state index contributed by atoms with van der Waals surface area (Å²) in [6.07, 6.45) is 0. The number of hydrogen-bond donors (Lipinski definition) is 0. The minimum absolute atomic E-state index is 0.0723. The van der Waals surface area contributed by atoms with Gasteiger partial charge in [-0.25, -0.2) is 0 Å². The monoisotopic (exact) mass is 336 g/mol. The van der Waals surface area contributed by atoms with Gasteiger partial charge >= 0.3 is 21.2 Å². The Kier molecular flexibility index (Phi) is 4.21. The Hall–Kier alpha value is -0.830. The van der Waals surface area contributed by atoms with Crippen molar-refractivity contribution in [3.8, 4) is 0 Å². The summed E-state index contributed by atoms with van der Waals surface area (Å²) in [7, 11) is 0. The lowest BCUT2D eigenvalue weighted by molar-refractivity contribution is -0.597. The summed E-state index contributed by atoms with van der Waals surface area (Å²) in [5.74, 6) is 0.595. The van der Waals surface area contributed by atoms with Gasteiger partial charge in [0, 0.05) is 0 Å². The number of hydrogen-bond acceptors (Lipinski definition) is 0. The van der Waals surface area contributed by atoms with Crippen LogP contribution in [0, 0.1) is 20.1 Å². The molecule has 0 aliphatic carbocycles. The molecule has 0 saturated carbocycles. The number of rotatable bonds is 3. The zero-order valence-electron chi connectivity index (χ0n) is 10.5. The van der Waals surface area contributed by atoms with Crippen molar-refractivity contribution in [3.05, 3.63) is 66.8 Å². The SMILES string of the molecule is Cc1ccc([I+]c2[c-]cc(C(C)C)cc2)cc1. The number of benzene rings is 2. The molecule has 0 saturated heterocycles. The van der Waals surface area contributed by atoms with Gasteiger partial charge in [0.2, 0.25) is 0 Å². The van der Waals surface area contributed by atoms with Crippen molar-refractivity contribution in [3.63, 3.8) is 0 Å². The van der Waals surface area contributed by atoms with Crippen LogP contribution in [-0.4, -0.2) is 0 Å². The van der Waals surface area contributed by atoms with E-state index in [4.69, 9.17) is 0 Å². The smallest absolute Gasteiger partial charge is 0.169 e. The highest BCUT2D eigenvalue weighted by Crippen LogP contribution is 2.11. The lowest BCUT2D eigenvalue weighted by atomic mass is 10.0. The van der Waals surface area contributed by atoms with Crippen molar-refractivity contribution in [1.82, 2.24) is 0 Å². The summed E-state index contributed by atoms with van der Waals surface area (Å²) in [5.41, 5.74) is 2.71. The zero-order chi connectivity index (χ0) is 12.3. The van der Waals surface area contributed by atoms with Gasteiger partial charge < -0.3 is 0 Å². The second kappa shape index (κ2) is 5.67. The highest BCUT2D eigenvalue weighted by molar-refractivity contribution is 5.17. The first kappa shape index (κ1) is 12.6. The second-order valence-electron chi connectivity index (χ2n) is 4.51. The van der Waals surface area contributed by atoms with Gasteiger partial charge in [0.05, 0.1) is 3.57 Å². The lowest BCUT2D eigenvalue weighted by Crippen LogP contribution is -3.61. The van der Waals surface area contributed by atoms with Gasteiger partial charge in [0.1, 0.15) is 0 Å². The standard InChI is InChI=1S/C16H17I/c1-12(2)14-6-10-16(11-7-14)17-15-8-4-13(3)5-9-15/h4-10,12H,1-3H3. The normalized spacial score (nSPS) is 10.8. The molecular formula is C16H17I. The number of halogens is 1. The molecule has 2 aromatic rings. The quantitative estimate of drug-likeness (QED) is 0.581. The molecule has 0 N–H and O–H groups in total. The van der Waals surface area contributed by atoms with Crippen molar-refractivity contribution in [1.29, 1.82) is 0 Å². The third kappa shape index (κ3) is 3.56. The predicted octanol–water partition coefficient (Wildman–Crippen LogP) is 1.05. The predicted molar refractivity (Wildman–Crippen MR) is 67.9 cm³/mol. The molecule has 1 heteroatoms. The Labute approximate surface area is 114 Å². The van der Waals surface area contributed by atoms with Gasteiger partial charge in [0.15, 0.2) is 3.57 Å². The minimum atomic E-state index is -0.0723. The Balaban J connectivity index is 2.11. The Morgan fingerprint density at radius 1 is 1.00 bits per heavy atom. The van der Waals surface area contributed by atoms with Crippen LogP contribution in [0.5, 0.6) is 0 Å². The van der Waals surface area contributed by atoms with Gasteiger partial charge in [-0.3, -0.25) is 0 Å². The van der Waals surface area contributed by atoms with Crippen LogP contribution in [0.4, 0.5) is 0 Å². The molecule has 2 aromatic carbocycles. The molecule has 0 fully saturated rings. The molecule has 0 nitrogen and oxygen atoms in total. The fourth-order valence-electron chi connectivity index (χ4n) is 1.55. The average molecular weight is 336 g/mol. The average Bonchev–Trinajstić information content (AvgIpc) is 2.33. The fraction of sp³-hybridized carbons (Fsp3) is 0.250. The van der Waals surface area contributed by atoms with Crippen molar-refractivity contribution < 1.29 is 21.2 Å². The van der Waals surface area contributed by atoms with Gasteiger partial charge in [-0.1, -0.05) is 37.5 Å². The molecule has 88 valence electrons. The maximum absolute atomic E-state index is 3.43. The Morgan fingerprint density at radius 3 is 2.24 bits per heavy atom. The van der Waals surface area contributed by atoms with Gasteiger partial charge in [-0.2, -0.15) is 17.7 Å². The topological polar surface area (TPSA) is 0 Å². The fourth-order valence-corrected chi connectivity index (χ4v) is 3.61. The minimum Gasteiger partial charge on any atom is -0.169 e. The van der Waals surface area contributed by atoms with Crippen LogP contribution in [0.3, 0.4) is 0 Å². The van der Waals surface area contributed by atoms with Gasteiger partial charge in [0.25, 0.3) is 0 Å². The first-order chi connectivity index (χ1) is 8.15. The van der Waals surface area contributed by atoms with Crippen molar-refractivity contribution in [2.24, 2.45) is 0 Å². The van der Waals surface area contributed by atoms with Crippen LogP contribution in [0.15, 0.2) is 42.5 Å². The molecule has 2 rings (SSSR count). The lowest BCUT2D eigenvalue weighted by Gasteiger charge is -2.10. The molecular weight excluding hydrogens is 319 g/mol. The van der Waals surface area contributed by atoms with E-state index in [1.807, 2.05) is 0 Å². The molecule has 0 bridgehead atoms. The summed E-state index contributed by atoms with van der Waals surface area (Å²) in [4.78, 5) is 0. The van der Waals surface area contributed by atoms with Crippen molar-refractivity contribution >= 4 is 0 Å². The molecule has 0 atom stereocenters. The third-order valence-electron chi connectivity index (χ3n) is 2.69. The van der Waals surface area contributed by atoms with Crippen molar-refractivity contribution in [2.75, 3.05) is 0 Å². The first-order valence-electron chi connectivity index (χ1n) is 5.88. The largest absolute Gasteiger partial charge is 0.329 e. The molecule has 0 aliphatic heterocycles. The van der Waals surface area contributed by atoms with E-state index in [1.165, 1.54) is 18.3 Å². The van der Waals surface area contributed by atoms with Crippen LogP contribution < -0.4 is 21.2 Å². The molecule has 0 radical (unpaired) electrons. The second-order valence-corrected chi connectivity index (χ2v) is 7.46. The molecule has 0 aromatic heterocycles. The molecule has 0 heterocycles. The van der Waals surface area contributed by atoms with E-state index in [2.05, 4.69) is 69.3 Å². The summed E-state index contributed by atoms with van der Waals surface area (Å²) in [6, 6.07) is 18.9. The van der Waals surface area contributed by atoms with E-state index in [9.17, 15) is 0 Å². The van der Waals surface area contributed by atoms with Crippen LogP contribution in [0.1, 0.15) is 30.9 Å². The van der Waals surface area contributed by atoms with Crippen LogP contribution in [0.2, 0.25) is 0 Å². The number of aryl methyl sites for hydroxylation is 1. The first-order valence-corrected chi connectivity index (χ1v) is 8.04. The molecule has 0 spiro atoms. The van der Waals surface area contributed by atoms with E-state index in [1.54, 1.807) is 0 Å². The molecule has 17 heavy (non-hydrogen) atoms. The van der Waals surface area contributed by atoms with E-state index < -0.39 is 0 Å². The molecule has 0 unspecified atom stereocenters. The Bertz CT molecular complexity index is 466. The van der Waals surface area contributed by atoms with E-state index in [0.717, 1.165) is 0 Å². The van der Waals surface area contributed by atoms with Crippen LogP contribution >= 0.6 is 0 Å². The molecule has 0 aliphatic rings. The van der Waals surface area contributed by atoms with Crippen LogP contribution in [0.25, 0.3) is 0 Å². The third-order valence-corrected chi connectivity index (χ3v) is 5.28. The van der Waals surface area contributed by atoms with E-state index in [0.29, 0.717) is 5.92 Å². The van der Waals surface area contributed by atoms with E-state index in [-0.39, 0.29) is 21.2 Å². The molecule has 0 amide bonds. The van der Waals surface area contributed by atoms with Gasteiger partial charge in [-0.05, 0) is 19.1 Å². The van der Waals surface area contributed by atoms with Gasteiger partial charge in [-0.15, -0.1) is 12.1 Å². The summed E-state index contributed by atoms with van der Waals surface area (Å²) in [6.45, 7) is 6.57. The van der Waals surface area contributed by atoms with Crippen LogP contribution in [-0.2, 0) is 0 Å². The Morgan fingerprint density at radius 2 is 1.71 bits per heavy atom. The summed E-state index contributed by atoms with van der Waals surface area (Å²) < 4.78 is 2.83. The summed E-state index contributed by atoms with van der Waals surface area (Å²) >= 11 is -0.0723. The van der Waals surface area contributed by atoms with Crippen molar-refractivity contribution in [2.45, 2.75) is 26.7 Å². The summed E-state index contributed by atoms with van der Waals surface area (Å²) in [5, 5.41) is 0. The van der Waals surface area contributed by atoms with E-state index >= 15 is 0 Å². The maximum Gasteiger partial charge on any atom is 0.329 e. The highest BCUT2D eigenvalue weighted by atomic mass is 127.